The van der Waals surface area contributed by atoms with Gasteiger partial charge in [-0.25, -0.2) is 4.98 Å². The SMILES string of the molecule is CCOc1ccnc(N(CCC(=O)O)C2CC2)n1. The van der Waals surface area contributed by atoms with Crippen molar-refractivity contribution in [3.05, 3.63) is 12.3 Å². The fourth-order valence-electron chi connectivity index (χ4n) is 1.75. The lowest BCUT2D eigenvalue weighted by atomic mass is 10.4. The number of carboxylic acids is 1. The third-order valence-corrected chi connectivity index (χ3v) is 2.72. The van der Waals surface area contributed by atoms with Crippen LogP contribution in [0.4, 0.5) is 5.95 Å². The van der Waals surface area contributed by atoms with Crippen LogP contribution in [0.1, 0.15) is 26.2 Å². The van der Waals surface area contributed by atoms with Crippen molar-refractivity contribution >= 4 is 11.9 Å². The first kappa shape index (κ1) is 12.6. The molecule has 0 spiro atoms. The van der Waals surface area contributed by atoms with Gasteiger partial charge < -0.3 is 14.7 Å². The molecule has 1 saturated carbocycles. The van der Waals surface area contributed by atoms with Crippen LogP contribution in [-0.2, 0) is 4.79 Å². The van der Waals surface area contributed by atoms with E-state index in [-0.39, 0.29) is 6.42 Å². The third kappa shape index (κ3) is 3.32. The van der Waals surface area contributed by atoms with Gasteiger partial charge in [-0.2, -0.15) is 4.98 Å². The van der Waals surface area contributed by atoms with Crippen LogP contribution in [0.2, 0.25) is 0 Å². The van der Waals surface area contributed by atoms with Crippen molar-refractivity contribution in [2.45, 2.75) is 32.2 Å². The van der Waals surface area contributed by atoms with Gasteiger partial charge in [0.25, 0.3) is 0 Å². The number of hydrogen-bond acceptors (Lipinski definition) is 5. The molecule has 18 heavy (non-hydrogen) atoms. The van der Waals surface area contributed by atoms with Gasteiger partial charge in [0.15, 0.2) is 0 Å². The molecule has 1 aromatic rings. The normalized spacial score (nSPS) is 14.3. The molecule has 1 N–H and O–H groups in total. The van der Waals surface area contributed by atoms with E-state index in [2.05, 4.69) is 9.97 Å². The summed E-state index contributed by atoms with van der Waals surface area (Å²) in [5.41, 5.74) is 0. The molecule has 2 rings (SSSR count). The second-order valence-corrected chi connectivity index (χ2v) is 4.20. The molecule has 0 aromatic carbocycles. The maximum absolute atomic E-state index is 10.7. The van der Waals surface area contributed by atoms with Crippen molar-refractivity contribution in [3.8, 4) is 5.88 Å². The molecule has 0 bridgehead atoms. The summed E-state index contributed by atoms with van der Waals surface area (Å²) in [6.07, 6.45) is 3.88. The van der Waals surface area contributed by atoms with Gasteiger partial charge >= 0.3 is 5.97 Å². The van der Waals surface area contributed by atoms with Gasteiger partial charge in [-0.1, -0.05) is 0 Å². The Hall–Kier alpha value is -1.85. The summed E-state index contributed by atoms with van der Waals surface area (Å²) in [5, 5.41) is 8.76. The van der Waals surface area contributed by atoms with Gasteiger partial charge in [-0.3, -0.25) is 4.79 Å². The van der Waals surface area contributed by atoms with Crippen LogP contribution in [-0.4, -0.2) is 40.2 Å². The van der Waals surface area contributed by atoms with E-state index in [1.165, 1.54) is 0 Å². The van der Waals surface area contributed by atoms with Gasteiger partial charge in [-0.05, 0) is 19.8 Å². The molecule has 0 saturated heterocycles. The molecule has 1 aliphatic carbocycles. The van der Waals surface area contributed by atoms with E-state index >= 15 is 0 Å². The van der Waals surface area contributed by atoms with Gasteiger partial charge in [0.1, 0.15) is 0 Å². The lowest BCUT2D eigenvalue weighted by Crippen LogP contribution is -2.30. The molecule has 1 heterocycles. The van der Waals surface area contributed by atoms with Crippen LogP contribution < -0.4 is 9.64 Å². The number of anilines is 1. The Bertz CT molecular complexity index is 421. The Morgan fingerprint density at radius 3 is 3.00 bits per heavy atom. The van der Waals surface area contributed by atoms with E-state index < -0.39 is 5.97 Å². The van der Waals surface area contributed by atoms with E-state index in [1.807, 2.05) is 11.8 Å². The summed E-state index contributed by atoms with van der Waals surface area (Å²) in [5.74, 6) is 0.287. The van der Waals surface area contributed by atoms with Crippen LogP contribution in [0.5, 0.6) is 5.88 Å². The number of carbonyl (C=O) groups is 1. The average Bonchev–Trinajstić information content (AvgIpc) is 3.14. The maximum Gasteiger partial charge on any atom is 0.305 e. The Morgan fingerprint density at radius 1 is 1.61 bits per heavy atom. The molecule has 0 aliphatic heterocycles. The molecule has 1 fully saturated rings. The highest BCUT2D eigenvalue weighted by Crippen LogP contribution is 2.30. The first-order valence-corrected chi connectivity index (χ1v) is 6.15. The zero-order valence-electron chi connectivity index (χ0n) is 10.4. The number of nitrogens with zero attached hydrogens (tertiary/aromatic N) is 3. The first-order valence-electron chi connectivity index (χ1n) is 6.15. The number of rotatable bonds is 7. The Kier molecular flexibility index (Phi) is 3.96. The van der Waals surface area contributed by atoms with Crippen LogP contribution in [0.25, 0.3) is 0 Å². The van der Waals surface area contributed by atoms with E-state index in [9.17, 15) is 4.79 Å². The van der Waals surface area contributed by atoms with Crippen molar-refractivity contribution in [2.75, 3.05) is 18.1 Å². The minimum Gasteiger partial charge on any atom is -0.481 e. The molecular weight excluding hydrogens is 234 g/mol. The Labute approximate surface area is 106 Å². The molecule has 0 atom stereocenters. The van der Waals surface area contributed by atoms with Gasteiger partial charge in [0.05, 0.1) is 13.0 Å². The predicted octanol–water partition coefficient (Wildman–Crippen LogP) is 1.32. The standard InChI is InChI=1S/C12H17N3O3/c1-2-18-10-5-7-13-12(14-10)15(9-3-4-9)8-6-11(16)17/h5,7,9H,2-4,6,8H2,1H3,(H,16,17). The van der Waals surface area contributed by atoms with Crippen molar-refractivity contribution in [2.24, 2.45) is 0 Å². The number of aliphatic carboxylic acids is 1. The number of hydrogen-bond donors (Lipinski definition) is 1. The fraction of sp³-hybridized carbons (Fsp3) is 0.583. The van der Waals surface area contributed by atoms with E-state index in [1.54, 1.807) is 12.3 Å². The molecule has 1 aromatic heterocycles. The van der Waals surface area contributed by atoms with Gasteiger partial charge in [-0.15, -0.1) is 0 Å². The number of carboxylic acid groups (broad SMARTS) is 1. The summed E-state index contributed by atoms with van der Waals surface area (Å²) in [4.78, 5) is 21.1. The summed E-state index contributed by atoms with van der Waals surface area (Å²) in [6, 6.07) is 2.08. The van der Waals surface area contributed by atoms with Gasteiger partial charge in [0, 0.05) is 24.8 Å². The van der Waals surface area contributed by atoms with Gasteiger partial charge in [0.2, 0.25) is 11.8 Å². The topological polar surface area (TPSA) is 75.5 Å². The number of ether oxygens (including phenoxy) is 1. The van der Waals surface area contributed by atoms with Crippen molar-refractivity contribution in [1.82, 2.24) is 9.97 Å². The zero-order valence-corrected chi connectivity index (χ0v) is 10.4. The maximum atomic E-state index is 10.7. The summed E-state index contributed by atoms with van der Waals surface area (Å²) < 4.78 is 5.33. The first-order chi connectivity index (χ1) is 8.70. The predicted molar refractivity (Wildman–Crippen MR) is 65.8 cm³/mol. The lowest BCUT2D eigenvalue weighted by Gasteiger charge is -2.21. The third-order valence-electron chi connectivity index (χ3n) is 2.72. The molecular formula is C12H17N3O3. The Balaban J connectivity index is 2.09. The second-order valence-electron chi connectivity index (χ2n) is 4.20. The minimum atomic E-state index is -0.804. The average molecular weight is 251 g/mol. The summed E-state index contributed by atoms with van der Waals surface area (Å²) >= 11 is 0. The molecule has 6 heteroatoms. The molecule has 0 radical (unpaired) electrons. The molecule has 0 amide bonds. The van der Waals surface area contributed by atoms with Crippen LogP contribution in [0, 0.1) is 0 Å². The molecule has 6 nitrogen and oxygen atoms in total. The van der Waals surface area contributed by atoms with E-state index in [0.29, 0.717) is 31.0 Å². The Morgan fingerprint density at radius 2 is 2.39 bits per heavy atom. The molecule has 1 aliphatic rings. The monoisotopic (exact) mass is 251 g/mol. The zero-order chi connectivity index (χ0) is 13.0. The highest BCUT2D eigenvalue weighted by molar-refractivity contribution is 5.67. The van der Waals surface area contributed by atoms with E-state index in [4.69, 9.17) is 9.84 Å². The quantitative estimate of drug-likeness (QED) is 0.787. The summed E-state index contributed by atoms with van der Waals surface area (Å²) in [7, 11) is 0. The smallest absolute Gasteiger partial charge is 0.305 e. The van der Waals surface area contributed by atoms with Crippen molar-refractivity contribution < 1.29 is 14.6 Å². The van der Waals surface area contributed by atoms with Crippen LogP contribution in [0.3, 0.4) is 0 Å². The largest absolute Gasteiger partial charge is 0.481 e. The fourth-order valence-corrected chi connectivity index (χ4v) is 1.75. The second kappa shape index (κ2) is 5.66. The minimum absolute atomic E-state index is 0.0960. The lowest BCUT2D eigenvalue weighted by molar-refractivity contribution is -0.136. The number of aromatic nitrogens is 2. The van der Waals surface area contributed by atoms with Crippen molar-refractivity contribution in [3.63, 3.8) is 0 Å². The molecule has 0 unspecified atom stereocenters. The van der Waals surface area contributed by atoms with Crippen LogP contribution >= 0.6 is 0 Å². The van der Waals surface area contributed by atoms with E-state index in [0.717, 1.165) is 12.8 Å². The molecule has 98 valence electrons. The highest BCUT2D eigenvalue weighted by Gasteiger charge is 2.31. The van der Waals surface area contributed by atoms with Crippen LogP contribution in [0.15, 0.2) is 12.3 Å². The summed E-state index contributed by atoms with van der Waals surface area (Å²) in [6.45, 7) is 2.88. The highest BCUT2D eigenvalue weighted by atomic mass is 16.5. The van der Waals surface area contributed by atoms with Crippen molar-refractivity contribution in [1.29, 1.82) is 0 Å².